The molecule has 2 rings (SSSR count). The van der Waals surface area contributed by atoms with Gasteiger partial charge in [0.25, 0.3) is 10.2 Å². The highest BCUT2D eigenvalue weighted by molar-refractivity contribution is 9.10. The predicted octanol–water partition coefficient (Wildman–Crippen LogP) is 1.73. The first-order valence-electron chi connectivity index (χ1n) is 5.00. The Balaban J connectivity index is 2.20. The molecule has 5 nitrogen and oxygen atoms in total. The molecular formula is C10H10BrN3O2S. The highest BCUT2D eigenvalue weighted by Gasteiger charge is 2.27. The summed E-state index contributed by atoms with van der Waals surface area (Å²) in [5.41, 5.74) is 0.560. The molecule has 2 N–H and O–H groups in total. The van der Waals surface area contributed by atoms with Crippen LogP contribution >= 0.6 is 15.9 Å². The molecule has 1 aliphatic carbocycles. The zero-order chi connectivity index (χ0) is 12.5. The Morgan fingerprint density at radius 1 is 1.41 bits per heavy atom. The fraction of sp³-hybridized carbons (Fsp3) is 0.300. The van der Waals surface area contributed by atoms with Crippen molar-refractivity contribution >= 4 is 31.8 Å². The van der Waals surface area contributed by atoms with Gasteiger partial charge in [-0.15, -0.1) is 0 Å². The maximum Gasteiger partial charge on any atom is 0.299 e. The number of hydrogen-bond acceptors (Lipinski definition) is 3. The molecule has 1 aromatic carbocycles. The Bertz CT molecular complexity index is 576. The zero-order valence-electron chi connectivity index (χ0n) is 8.77. The minimum absolute atomic E-state index is 0.0356. The first-order valence-corrected chi connectivity index (χ1v) is 7.27. The number of anilines is 1. The van der Waals surface area contributed by atoms with Gasteiger partial charge in [-0.1, -0.05) is 15.9 Å². The van der Waals surface area contributed by atoms with Crippen LogP contribution in [0, 0.1) is 11.3 Å². The zero-order valence-corrected chi connectivity index (χ0v) is 11.2. The van der Waals surface area contributed by atoms with Crippen LogP contribution in [0.15, 0.2) is 22.7 Å². The largest absolute Gasteiger partial charge is 0.299 e. The number of benzene rings is 1. The van der Waals surface area contributed by atoms with Crippen molar-refractivity contribution in [2.24, 2.45) is 0 Å². The Kier molecular flexibility index (Phi) is 3.38. The molecule has 1 fully saturated rings. The monoisotopic (exact) mass is 315 g/mol. The molecule has 0 saturated heterocycles. The minimum atomic E-state index is -3.58. The molecular weight excluding hydrogens is 306 g/mol. The molecule has 1 saturated carbocycles. The summed E-state index contributed by atoms with van der Waals surface area (Å²) in [7, 11) is -3.58. The van der Waals surface area contributed by atoms with E-state index < -0.39 is 10.2 Å². The molecule has 7 heteroatoms. The normalized spacial score (nSPS) is 15.3. The van der Waals surface area contributed by atoms with Gasteiger partial charge >= 0.3 is 0 Å². The Labute approximate surface area is 108 Å². The van der Waals surface area contributed by atoms with E-state index >= 15 is 0 Å². The summed E-state index contributed by atoms with van der Waals surface area (Å²) in [6.07, 6.45) is 1.73. The highest BCUT2D eigenvalue weighted by Crippen LogP contribution is 2.23. The summed E-state index contributed by atoms with van der Waals surface area (Å²) in [6.45, 7) is 0. The molecule has 0 bridgehead atoms. The van der Waals surface area contributed by atoms with Gasteiger partial charge in [-0.25, -0.2) is 0 Å². The number of rotatable bonds is 4. The van der Waals surface area contributed by atoms with E-state index in [0.29, 0.717) is 0 Å². The van der Waals surface area contributed by atoms with Crippen molar-refractivity contribution < 1.29 is 8.42 Å². The summed E-state index contributed by atoms with van der Waals surface area (Å²) in [5, 5.41) is 8.91. The number of nitriles is 1. The van der Waals surface area contributed by atoms with Crippen LogP contribution in [-0.4, -0.2) is 14.5 Å². The summed E-state index contributed by atoms with van der Waals surface area (Å²) in [4.78, 5) is 0. The molecule has 0 amide bonds. The van der Waals surface area contributed by atoms with Gasteiger partial charge in [0.05, 0.1) is 11.3 Å². The van der Waals surface area contributed by atoms with Crippen molar-refractivity contribution in [2.75, 3.05) is 4.72 Å². The van der Waals surface area contributed by atoms with Crippen LogP contribution in [0.5, 0.6) is 0 Å². The highest BCUT2D eigenvalue weighted by atomic mass is 79.9. The van der Waals surface area contributed by atoms with E-state index in [4.69, 9.17) is 5.26 Å². The van der Waals surface area contributed by atoms with Gasteiger partial charge in [-0.2, -0.15) is 18.4 Å². The third kappa shape index (κ3) is 3.43. The average molecular weight is 316 g/mol. The lowest BCUT2D eigenvalue weighted by Crippen LogP contribution is -2.32. The third-order valence-electron chi connectivity index (χ3n) is 2.25. The molecule has 90 valence electrons. The lowest BCUT2D eigenvalue weighted by atomic mass is 10.2. The standard InChI is InChI=1S/C10H10BrN3O2S/c11-8-1-4-10(7(5-8)6-12)14-17(15,16)13-9-2-3-9/h1,4-5,9,13-14H,2-3H2. The summed E-state index contributed by atoms with van der Waals surface area (Å²) in [6, 6.07) is 6.77. The van der Waals surface area contributed by atoms with Crippen molar-refractivity contribution in [3.63, 3.8) is 0 Å². The van der Waals surface area contributed by atoms with E-state index in [2.05, 4.69) is 25.4 Å². The lowest BCUT2D eigenvalue weighted by molar-refractivity contribution is 0.586. The quantitative estimate of drug-likeness (QED) is 0.887. The van der Waals surface area contributed by atoms with Gasteiger partial charge in [0.1, 0.15) is 6.07 Å². The van der Waals surface area contributed by atoms with Gasteiger partial charge < -0.3 is 0 Å². The number of nitrogens with one attached hydrogen (secondary N) is 2. The average Bonchev–Trinajstić information content (AvgIpc) is 3.03. The van der Waals surface area contributed by atoms with Crippen LogP contribution in [0.1, 0.15) is 18.4 Å². The van der Waals surface area contributed by atoms with Crippen LogP contribution in [0.25, 0.3) is 0 Å². The molecule has 0 aromatic heterocycles. The van der Waals surface area contributed by atoms with E-state index in [1.165, 1.54) is 0 Å². The van der Waals surface area contributed by atoms with Crippen LogP contribution in [0.3, 0.4) is 0 Å². The predicted molar refractivity (Wildman–Crippen MR) is 67.6 cm³/mol. The van der Waals surface area contributed by atoms with Crippen molar-refractivity contribution in [3.05, 3.63) is 28.2 Å². The lowest BCUT2D eigenvalue weighted by Gasteiger charge is -2.09. The third-order valence-corrected chi connectivity index (χ3v) is 3.87. The van der Waals surface area contributed by atoms with Crippen molar-refractivity contribution in [1.29, 1.82) is 5.26 Å². The second kappa shape index (κ2) is 4.64. The van der Waals surface area contributed by atoms with E-state index in [0.717, 1.165) is 17.3 Å². The second-order valence-electron chi connectivity index (χ2n) is 3.80. The first-order chi connectivity index (χ1) is 8.00. The molecule has 0 aliphatic heterocycles. The summed E-state index contributed by atoms with van der Waals surface area (Å²) < 4.78 is 28.9. The summed E-state index contributed by atoms with van der Waals surface area (Å²) in [5.74, 6) is 0. The number of nitrogens with zero attached hydrogens (tertiary/aromatic N) is 1. The molecule has 0 radical (unpaired) electrons. The Morgan fingerprint density at radius 3 is 2.71 bits per heavy atom. The molecule has 0 heterocycles. The second-order valence-corrected chi connectivity index (χ2v) is 6.16. The van der Waals surface area contributed by atoms with Crippen molar-refractivity contribution in [3.8, 4) is 6.07 Å². The smallest absolute Gasteiger partial charge is 0.270 e. The number of halogens is 1. The maximum atomic E-state index is 11.7. The van der Waals surface area contributed by atoms with Crippen LogP contribution in [0.2, 0.25) is 0 Å². The van der Waals surface area contributed by atoms with Crippen LogP contribution in [-0.2, 0) is 10.2 Å². The van der Waals surface area contributed by atoms with Gasteiger partial charge in [-0.05, 0) is 31.0 Å². The van der Waals surface area contributed by atoms with E-state index in [-0.39, 0.29) is 17.3 Å². The SMILES string of the molecule is N#Cc1cc(Br)ccc1NS(=O)(=O)NC1CC1. The first kappa shape index (κ1) is 12.4. The van der Waals surface area contributed by atoms with Gasteiger partial charge in [-0.3, -0.25) is 4.72 Å². The van der Waals surface area contributed by atoms with Crippen molar-refractivity contribution in [2.45, 2.75) is 18.9 Å². The fourth-order valence-corrected chi connectivity index (χ4v) is 2.85. The molecule has 1 aliphatic rings. The van der Waals surface area contributed by atoms with E-state index in [1.807, 2.05) is 6.07 Å². The van der Waals surface area contributed by atoms with Gasteiger partial charge in [0.2, 0.25) is 0 Å². The van der Waals surface area contributed by atoms with E-state index in [9.17, 15) is 8.42 Å². The van der Waals surface area contributed by atoms with Gasteiger partial charge in [0, 0.05) is 10.5 Å². The fourth-order valence-electron chi connectivity index (χ4n) is 1.29. The number of hydrogen-bond donors (Lipinski definition) is 2. The molecule has 0 atom stereocenters. The molecule has 17 heavy (non-hydrogen) atoms. The minimum Gasteiger partial charge on any atom is -0.270 e. The van der Waals surface area contributed by atoms with E-state index in [1.54, 1.807) is 18.2 Å². The van der Waals surface area contributed by atoms with Crippen LogP contribution < -0.4 is 9.44 Å². The van der Waals surface area contributed by atoms with Gasteiger partial charge in [0.15, 0.2) is 0 Å². The Morgan fingerprint density at radius 2 is 2.12 bits per heavy atom. The maximum absolute atomic E-state index is 11.7. The van der Waals surface area contributed by atoms with Crippen LogP contribution in [0.4, 0.5) is 5.69 Å². The molecule has 0 unspecified atom stereocenters. The molecule has 0 spiro atoms. The summed E-state index contributed by atoms with van der Waals surface area (Å²) >= 11 is 3.22. The molecule has 1 aromatic rings. The van der Waals surface area contributed by atoms with Crippen molar-refractivity contribution in [1.82, 2.24) is 4.72 Å². The topological polar surface area (TPSA) is 82.0 Å². The Hall–Kier alpha value is -1.10.